The molecule has 3 amide bonds. The molecule has 3 aromatic rings. The maximum absolute atomic E-state index is 12.6. The normalized spacial score (nSPS) is 14.8. The summed E-state index contributed by atoms with van der Waals surface area (Å²) in [6.45, 7) is 0.327. The lowest BCUT2D eigenvalue weighted by atomic mass is 10.2. The number of aromatic amines is 1. The molecule has 1 saturated heterocycles. The van der Waals surface area contributed by atoms with Gasteiger partial charge in [-0.25, -0.2) is 4.98 Å². The lowest BCUT2D eigenvalue weighted by Gasteiger charge is -2.14. The van der Waals surface area contributed by atoms with E-state index in [1.54, 1.807) is 6.08 Å². The summed E-state index contributed by atoms with van der Waals surface area (Å²) < 4.78 is 0.468. The highest BCUT2D eigenvalue weighted by Gasteiger charge is 2.31. The Balaban J connectivity index is 1.15. The van der Waals surface area contributed by atoms with Crippen molar-refractivity contribution in [2.45, 2.75) is 18.0 Å². The van der Waals surface area contributed by atoms with Gasteiger partial charge < -0.3 is 4.98 Å². The van der Waals surface area contributed by atoms with Crippen LogP contribution in [0.3, 0.4) is 0 Å². The molecular formula is C25H23N5O3S3. The van der Waals surface area contributed by atoms with E-state index >= 15 is 0 Å². The Kier molecular flexibility index (Phi) is 8.93. The molecule has 1 fully saturated rings. The van der Waals surface area contributed by atoms with Crippen molar-refractivity contribution in [3.8, 4) is 0 Å². The Morgan fingerprint density at radius 2 is 1.83 bits per heavy atom. The van der Waals surface area contributed by atoms with E-state index in [0.29, 0.717) is 27.3 Å². The van der Waals surface area contributed by atoms with Crippen molar-refractivity contribution in [3.05, 3.63) is 77.2 Å². The van der Waals surface area contributed by atoms with E-state index in [9.17, 15) is 14.4 Å². The minimum Gasteiger partial charge on any atom is -0.333 e. The van der Waals surface area contributed by atoms with Gasteiger partial charge in [0, 0.05) is 13.0 Å². The highest BCUT2D eigenvalue weighted by molar-refractivity contribution is 8.26. The summed E-state index contributed by atoms with van der Waals surface area (Å²) in [5.41, 5.74) is 7.56. The molecule has 0 saturated carbocycles. The molecule has 36 heavy (non-hydrogen) atoms. The molecule has 184 valence electrons. The molecular weight excluding hydrogens is 515 g/mol. The van der Waals surface area contributed by atoms with Crippen molar-refractivity contribution in [3.63, 3.8) is 0 Å². The number of benzene rings is 2. The van der Waals surface area contributed by atoms with Gasteiger partial charge >= 0.3 is 0 Å². The Morgan fingerprint density at radius 3 is 2.64 bits per heavy atom. The summed E-state index contributed by atoms with van der Waals surface area (Å²) >= 11 is 7.82. The lowest BCUT2D eigenvalue weighted by molar-refractivity contribution is -0.128. The molecule has 1 aliphatic heterocycles. The average Bonchev–Trinajstić information content (AvgIpc) is 3.42. The number of thiocarbonyl (C=S) groups is 1. The summed E-state index contributed by atoms with van der Waals surface area (Å²) in [6.07, 6.45) is 6.04. The number of nitrogens with one attached hydrogen (secondary N) is 3. The molecule has 4 rings (SSSR count). The molecule has 11 heteroatoms. The Hall–Kier alpha value is -3.41. The number of hydrazine groups is 1. The third kappa shape index (κ3) is 7.06. The van der Waals surface area contributed by atoms with Gasteiger partial charge in [-0.15, -0.1) is 0 Å². The minimum atomic E-state index is -0.348. The number of thioether (sulfide) groups is 2. The Labute approximate surface area is 222 Å². The average molecular weight is 538 g/mol. The van der Waals surface area contributed by atoms with Crippen LogP contribution < -0.4 is 10.9 Å². The van der Waals surface area contributed by atoms with Crippen molar-refractivity contribution < 1.29 is 14.4 Å². The number of aromatic nitrogens is 2. The van der Waals surface area contributed by atoms with Gasteiger partial charge in [-0.1, -0.05) is 90.4 Å². The molecule has 2 aromatic carbocycles. The first kappa shape index (κ1) is 25.7. The predicted molar refractivity (Wildman–Crippen MR) is 148 cm³/mol. The van der Waals surface area contributed by atoms with Gasteiger partial charge in [0.05, 0.1) is 21.7 Å². The molecule has 2 heterocycles. The van der Waals surface area contributed by atoms with Crippen LogP contribution in [0.1, 0.15) is 18.4 Å². The number of carbonyl (C=O) groups excluding carboxylic acids is 3. The highest BCUT2D eigenvalue weighted by Crippen LogP contribution is 2.31. The summed E-state index contributed by atoms with van der Waals surface area (Å²) in [7, 11) is 0. The van der Waals surface area contributed by atoms with Crippen molar-refractivity contribution in [1.82, 2.24) is 25.7 Å². The van der Waals surface area contributed by atoms with E-state index < -0.39 is 0 Å². The molecule has 0 aliphatic carbocycles. The van der Waals surface area contributed by atoms with E-state index in [-0.39, 0.29) is 29.9 Å². The van der Waals surface area contributed by atoms with Gasteiger partial charge in [0.1, 0.15) is 4.32 Å². The Morgan fingerprint density at radius 1 is 1.08 bits per heavy atom. The SMILES string of the molecule is O=C(CCCN1C(=O)C(=CC=Cc2ccccc2)SC1=S)NNC(=O)CSc1nc2ccccc2[nH]1. The van der Waals surface area contributed by atoms with Gasteiger partial charge in [-0.2, -0.15) is 0 Å². The maximum Gasteiger partial charge on any atom is 0.266 e. The van der Waals surface area contributed by atoms with E-state index in [2.05, 4.69) is 20.8 Å². The van der Waals surface area contributed by atoms with E-state index in [4.69, 9.17) is 12.2 Å². The first-order valence-electron chi connectivity index (χ1n) is 11.1. The highest BCUT2D eigenvalue weighted by atomic mass is 32.2. The zero-order chi connectivity index (χ0) is 25.3. The van der Waals surface area contributed by atoms with Crippen molar-refractivity contribution in [1.29, 1.82) is 0 Å². The number of carbonyl (C=O) groups is 3. The topological polar surface area (TPSA) is 107 Å². The minimum absolute atomic E-state index is 0.0989. The van der Waals surface area contributed by atoms with Crippen LogP contribution >= 0.6 is 35.7 Å². The van der Waals surface area contributed by atoms with Gasteiger partial charge in [0.2, 0.25) is 11.8 Å². The van der Waals surface area contributed by atoms with Crippen LogP contribution in [-0.4, -0.2) is 49.2 Å². The molecule has 3 N–H and O–H groups in total. The number of fused-ring (bicyclic) bond motifs is 1. The largest absolute Gasteiger partial charge is 0.333 e. The molecule has 1 aromatic heterocycles. The number of allylic oxidation sites excluding steroid dienone is 2. The summed E-state index contributed by atoms with van der Waals surface area (Å²) in [5, 5.41) is 0.630. The van der Waals surface area contributed by atoms with Gasteiger partial charge in [0.25, 0.3) is 5.91 Å². The Bertz CT molecular complexity index is 1300. The van der Waals surface area contributed by atoms with Crippen molar-refractivity contribution in [2.24, 2.45) is 0 Å². The lowest BCUT2D eigenvalue weighted by Crippen LogP contribution is -2.42. The molecule has 0 atom stereocenters. The van der Waals surface area contributed by atoms with E-state index in [1.165, 1.54) is 28.4 Å². The van der Waals surface area contributed by atoms with Crippen LogP contribution in [-0.2, 0) is 14.4 Å². The van der Waals surface area contributed by atoms with E-state index in [1.807, 2.05) is 66.7 Å². The first-order chi connectivity index (χ1) is 17.5. The molecule has 0 spiro atoms. The summed E-state index contributed by atoms with van der Waals surface area (Å²) in [6, 6.07) is 17.4. The third-order valence-electron chi connectivity index (χ3n) is 5.04. The van der Waals surface area contributed by atoms with Gasteiger partial charge in [-0.05, 0) is 30.2 Å². The fourth-order valence-electron chi connectivity index (χ4n) is 3.29. The number of amides is 3. The van der Waals surface area contributed by atoms with Crippen molar-refractivity contribution in [2.75, 3.05) is 12.3 Å². The molecule has 1 aliphatic rings. The van der Waals surface area contributed by atoms with Crippen LogP contribution in [0.15, 0.2) is 76.8 Å². The van der Waals surface area contributed by atoms with Crippen LogP contribution in [0.4, 0.5) is 0 Å². The van der Waals surface area contributed by atoms with Crippen LogP contribution in [0.5, 0.6) is 0 Å². The molecule has 0 bridgehead atoms. The fourth-order valence-corrected chi connectivity index (χ4v) is 5.23. The van der Waals surface area contributed by atoms with Crippen LogP contribution in [0.2, 0.25) is 0 Å². The monoisotopic (exact) mass is 537 g/mol. The smallest absolute Gasteiger partial charge is 0.266 e. The van der Waals surface area contributed by atoms with Crippen LogP contribution in [0, 0.1) is 0 Å². The number of H-pyrrole nitrogens is 1. The second kappa shape index (κ2) is 12.5. The zero-order valence-corrected chi connectivity index (χ0v) is 21.6. The third-order valence-corrected chi connectivity index (χ3v) is 7.31. The summed E-state index contributed by atoms with van der Waals surface area (Å²) in [5.74, 6) is -0.760. The number of rotatable bonds is 9. The number of imidazole rings is 1. The number of hydrogen-bond acceptors (Lipinski definition) is 7. The number of para-hydroxylation sites is 2. The van der Waals surface area contributed by atoms with E-state index in [0.717, 1.165) is 16.6 Å². The van der Waals surface area contributed by atoms with Crippen LogP contribution in [0.25, 0.3) is 17.1 Å². The fraction of sp³-hybridized carbons (Fsp3) is 0.160. The second-order valence-electron chi connectivity index (χ2n) is 7.67. The molecule has 0 radical (unpaired) electrons. The predicted octanol–water partition coefficient (Wildman–Crippen LogP) is 4.04. The van der Waals surface area contributed by atoms with Gasteiger partial charge in [-0.3, -0.25) is 30.1 Å². The first-order valence-corrected chi connectivity index (χ1v) is 13.3. The zero-order valence-electron chi connectivity index (χ0n) is 19.1. The number of nitrogens with zero attached hydrogens (tertiary/aromatic N) is 2. The maximum atomic E-state index is 12.6. The summed E-state index contributed by atoms with van der Waals surface area (Å²) in [4.78, 5) is 46.4. The van der Waals surface area contributed by atoms with Gasteiger partial charge in [0.15, 0.2) is 5.16 Å². The number of hydrogen-bond donors (Lipinski definition) is 3. The molecule has 0 unspecified atom stereocenters. The molecule has 8 nitrogen and oxygen atoms in total. The second-order valence-corrected chi connectivity index (χ2v) is 10.3. The standard InChI is InChI=1S/C25H23N5O3S3/c31-21(28-29-22(32)16-35-24-26-18-11-4-5-12-19(18)27-24)14-7-15-30-23(33)20(36-25(30)34)13-6-10-17-8-2-1-3-9-17/h1-6,8-13H,7,14-16H2,(H,26,27)(H,28,31)(H,29,32). The quantitative estimate of drug-likeness (QED) is 0.164. The van der Waals surface area contributed by atoms with Crippen molar-refractivity contribution >= 4 is 74.9 Å².